The largest absolute Gasteiger partial charge is 0.419 e. The molecule has 0 radical (unpaired) electrons. The highest BCUT2D eigenvalue weighted by Gasteiger charge is 2.28. The van der Waals surface area contributed by atoms with Crippen molar-refractivity contribution in [1.82, 2.24) is 30.4 Å². The highest BCUT2D eigenvalue weighted by atomic mass is 16.4. The summed E-state index contributed by atoms with van der Waals surface area (Å²) in [5.74, 6) is 1.01. The van der Waals surface area contributed by atoms with Crippen LogP contribution in [0.15, 0.2) is 8.83 Å². The van der Waals surface area contributed by atoms with Crippen molar-refractivity contribution in [2.75, 3.05) is 13.2 Å². The third kappa shape index (κ3) is 3.65. The van der Waals surface area contributed by atoms with E-state index < -0.39 is 0 Å². The number of hydrogen-bond acceptors (Lipinski definition) is 9. The van der Waals surface area contributed by atoms with Crippen LogP contribution in [0.5, 0.6) is 0 Å². The molecule has 4 aromatic heterocycles. The molecule has 0 bridgehead atoms. The molecule has 0 aliphatic heterocycles. The van der Waals surface area contributed by atoms with Crippen LogP contribution in [0.3, 0.4) is 0 Å². The lowest BCUT2D eigenvalue weighted by molar-refractivity contribution is 0.103. The normalized spacial score (nSPS) is 11.4. The SMILES string of the molecule is Cc1[nH]c(-c2nnc(CCO)o2)c(C)c1C(=O)c1c(C)[nH]c(-c2nnc(CCO)o2)c1C. The zero-order chi connectivity index (χ0) is 23.0. The second kappa shape index (κ2) is 8.52. The Morgan fingerprint density at radius 1 is 0.750 bits per heavy atom. The van der Waals surface area contributed by atoms with E-state index in [-0.39, 0.29) is 43.6 Å². The first-order valence-electron chi connectivity index (χ1n) is 10.2. The van der Waals surface area contributed by atoms with Gasteiger partial charge in [-0.15, -0.1) is 20.4 Å². The van der Waals surface area contributed by atoms with Gasteiger partial charge in [-0.05, 0) is 38.8 Å². The lowest BCUT2D eigenvalue weighted by Crippen LogP contribution is -2.06. The maximum atomic E-state index is 13.6. The fraction of sp³-hybridized carbons (Fsp3) is 0.381. The minimum absolute atomic E-state index is 0.0932. The third-order valence-corrected chi connectivity index (χ3v) is 5.34. The zero-order valence-electron chi connectivity index (χ0n) is 18.2. The minimum Gasteiger partial charge on any atom is -0.419 e. The number of nitrogens with zero attached hydrogens (tertiary/aromatic N) is 4. The van der Waals surface area contributed by atoms with Gasteiger partial charge >= 0.3 is 0 Å². The predicted octanol–water partition coefficient (Wildman–Crippen LogP) is 1.98. The Morgan fingerprint density at radius 2 is 1.16 bits per heavy atom. The Bertz CT molecular complexity index is 1180. The van der Waals surface area contributed by atoms with E-state index in [0.29, 0.717) is 56.8 Å². The predicted molar refractivity (Wildman–Crippen MR) is 112 cm³/mol. The van der Waals surface area contributed by atoms with E-state index in [1.165, 1.54) is 0 Å². The molecule has 32 heavy (non-hydrogen) atoms. The molecule has 0 atom stereocenters. The summed E-state index contributed by atoms with van der Waals surface area (Å²) in [6.45, 7) is 7.07. The first-order chi connectivity index (χ1) is 15.3. The molecule has 4 N–H and O–H groups in total. The van der Waals surface area contributed by atoms with E-state index in [0.717, 1.165) is 0 Å². The summed E-state index contributed by atoms with van der Waals surface area (Å²) >= 11 is 0. The van der Waals surface area contributed by atoms with E-state index >= 15 is 0 Å². The maximum absolute atomic E-state index is 13.6. The first-order valence-corrected chi connectivity index (χ1v) is 10.2. The van der Waals surface area contributed by atoms with E-state index in [9.17, 15) is 4.79 Å². The standard InChI is InChI=1S/C21H24N6O5/c1-9-15(11(3)22-17(9)20-26-24-13(31-20)5-7-28)19(30)16-10(2)18(23-12(16)4)21-27-25-14(32-21)6-8-29/h22-23,28-29H,5-8H2,1-4H3. The van der Waals surface area contributed by atoms with Crippen LogP contribution < -0.4 is 0 Å². The number of ketones is 1. The van der Waals surface area contributed by atoms with Gasteiger partial charge in [0.25, 0.3) is 11.8 Å². The number of H-pyrrole nitrogens is 2. The van der Waals surface area contributed by atoms with Crippen molar-refractivity contribution in [3.05, 3.63) is 45.4 Å². The Balaban J connectivity index is 1.72. The van der Waals surface area contributed by atoms with Gasteiger partial charge in [-0.25, -0.2) is 0 Å². The molecule has 0 saturated carbocycles. The number of carbonyl (C=O) groups is 1. The Labute approximate surface area is 182 Å². The molecule has 11 nitrogen and oxygen atoms in total. The summed E-state index contributed by atoms with van der Waals surface area (Å²) in [6.07, 6.45) is 0.523. The van der Waals surface area contributed by atoms with Crippen molar-refractivity contribution < 1.29 is 23.8 Å². The monoisotopic (exact) mass is 440 g/mol. The molecule has 0 saturated heterocycles. The number of aromatic amines is 2. The van der Waals surface area contributed by atoms with Crippen LogP contribution in [-0.2, 0) is 12.8 Å². The van der Waals surface area contributed by atoms with E-state index in [4.69, 9.17) is 19.0 Å². The number of rotatable bonds is 8. The summed E-state index contributed by atoms with van der Waals surface area (Å²) in [5.41, 5.74) is 4.91. The summed E-state index contributed by atoms with van der Waals surface area (Å²) in [6, 6.07) is 0. The first kappa shape index (κ1) is 21.7. The van der Waals surface area contributed by atoms with Crippen molar-refractivity contribution in [3.8, 4) is 23.2 Å². The number of aliphatic hydroxyl groups is 2. The fourth-order valence-electron chi connectivity index (χ4n) is 3.84. The second-order valence-corrected chi connectivity index (χ2v) is 7.53. The van der Waals surface area contributed by atoms with Crippen LogP contribution in [0.2, 0.25) is 0 Å². The Morgan fingerprint density at radius 3 is 1.53 bits per heavy atom. The van der Waals surface area contributed by atoms with Crippen LogP contribution in [-0.4, -0.2) is 59.6 Å². The van der Waals surface area contributed by atoms with Gasteiger partial charge in [-0.1, -0.05) is 0 Å². The van der Waals surface area contributed by atoms with Crippen LogP contribution in [0, 0.1) is 27.7 Å². The summed E-state index contributed by atoms with van der Waals surface area (Å²) in [7, 11) is 0. The molecule has 0 fully saturated rings. The number of nitrogens with one attached hydrogen (secondary N) is 2. The zero-order valence-corrected chi connectivity index (χ0v) is 18.2. The number of aryl methyl sites for hydroxylation is 2. The molecule has 0 spiro atoms. The third-order valence-electron chi connectivity index (χ3n) is 5.34. The maximum Gasteiger partial charge on any atom is 0.264 e. The number of aromatic nitrogens is 6. The highest BCUT2D eigenvalue weighted by Crippen LogP contribution is 2.33. The van der Waals surface area contributed by atoms with Crippen LogP contribution in [0.1, 0.15) is 50.2 Å². The van der Waals surface area contributed by atoms with Crippen LogP contribution >= 0.6 is 0 Å². The molecule has 4 heterocycles. The van der Waals surface area contributed by atoms with Crippen molar-refractivity contribution in [2.45, 2.75) is 40.5 Å². The van der Waals surface area contributed by atoms with Crippen LogP contribution in [0.25, 0.3) is 23.2 Å². The average molecular weight is 440 g/mol. The fourth-order valence-corrected chi connectivity index (χ4v) is 3.84. The van der Waals surface area contributed by atoms with Gasteiger partial charge in [0.05, 0.1) is 13.2 Å². The molecule has 0 unspecified atom stereocenters. The topological polar surface area (TPSA) is 167 Å². The van der Waals surface area contributed by atoms with Gasteiger partial charge in [0.2, 0.25) is 11.8 Å². The van der Waals surface area contributed by atoms with Gasteiger partial charge < -0.3 is 29.0 Å². The van der Waals surface area contributed by atoms with Gasteiger partial charge in [-0.2, -0.15) is 0 Å². The van der Waals surface area contributed by atoms with Gasteiger partial charge in [0.1, 0.15) is 11.4 Å². The summed E-state index contributed by atoms with van der Waals surface area (Å²) in [5, 5.41) is 34.0. The summed E-state index contributed by atoms with van der Waals surface area (Å²) in [4.78, 5) is 19.9. The number of aliphatic hydroxyl groups excluding tert-OH is 2. The number of carbonyl (C=O) groups excluding carboxylic acids is 1. The lowest BCUT2D eigenvalue weighted by atomic mass is 9.96. The number of hydrogen-bond donors (Lipinski definition) is 4. The molecule has 0 amide bonds. The lowest BCUT2D eigenvalue weighted by Gasteiger charge is -2.04. The Kier molecular flexibility index (Phi) is 5.76. The molecule has 168 valence electrons. The second-order valence-electron chi connectivity index (χ2n) is 7.53. The average Bonchev–Trinajstić information content (AvgIpc) is 3.50. The van der Waals surface area contributed by atoms with Gasteiger partial charge in [0.15, 0.2) is 5.78 Å². The van der Waals surface area contributed by atoms with E-state index in [1.54, 1.807) is 0 Å². The molecule has 4 aromatic rings. The highest BCUT2D eigenvalue weighted by molar-refractivity contribution is 6.13. The molecule has 11 heteroatoms. The molecule has 0 aliphatic rings. The molecular formula is C21H24N6O5. The minimum atomic E-state index is -0.162. The van der Waals surface area contributed by atoms with Crippen molar-refractivity contribution in [1.29, 1.82) is 0 Å². The van der Waals surface area contributed by atoms with E-state index in [2.05, 4.69) is 30.4 Å². The smallest absolute Gasteiger partial charge is 0.264 e. The molecule has 4 rings (SSSR count). The van der Waals surface area contributed by atoms with Gasteiger partial charge in [0, 0.05) is 35.4 Å². The molecule has 0 aromatic carbocycles. The summed E-state index contributed by atoms with van der Waals surface area (Å²) < 4.78 is 11.2. The molecule has 0 aliphatic carbocycles. The van der Waals surface area contributed by atoms with Crippen molar-refractivity contribution in [2.24, 2.45) is 0 Å². The van der Waals surface area contributed by atoms with E-state index in [1.807, 2.05) is 27.7 Å². The van der Waals surface area contributed by atoms with Crippen molar-refractivity contribution >= 4 is 5.78 Å². The Hall–Kier alpha value is -3.57. The van der Waals surface area contributed by atoms with Crippen molar-refractivity contribution in [3.63, 3.8) is 0 Å². The molecular weight excluding hydrogens is 416 g/mol. The quantitative estimate of drug-likeness (QED) is 0.299. The van der Waals surface area contributed by atoms with Gasteiger partial charge in [-0.3, -0.25) is 4.79 Å². The van der Waals surface area contributed by atoms with Crippen LogP contribution in [0.4, 0.5) is 0 Å².